The number of unbranched alkanes of at least 4 members (excludes halogenated alkanes) is 50. The number of aliphatic hydroxyl groups is 1. The number of hydrogen-bond donors (Lipinski definition) is 3. The van der Waals surface area contributed by atoms with Crippen molar-refractivity contribution in [3.63, 3.8) is 0 Å². The molecule has 0 saturated heterocycles. The highest BCUT2D eigenvalue weighted by atomic mass is 31.2. The quantitative estimate of drug-likeness (QED) is 0.0222. The van der Waals surface area contributed by atoms with Crippen LogP contribution in [0.15, 0.2) is 0 Å². The number of ether oxygens (including phenoxy) is 4. The Morgan fingerprint density at radius 2 is 0.505 bits per heavy atom. The summed E-state index contributed by atoms with van der Waals surface area (Å²) in [5.41, 5.74) is 0. The summed E-state index contributed by atoms with van der Waals surface area (Å²) >= 11 is 0. The summed E-state index contributed by atoms with van der Waals surface area (Å²) in [6, 6.07) is 0. The number of carbonyl (C=O) groups is 4. The van der Waals surface area contributed by atoms with Gasteiger partial charge < -0.3 is 33.8 Å². The molecule has 0 rings (SSSR count). The van der Waals surface area contributed by atoms with Crippen LogP contribution in [0, 0.1) is 11.8 Å². The van der Waals surface area contributed by atoms with Gasteiger partial charge in [0.2, 0.25) is 0 Å². The van der Waals surface area contributed by atoms with Gasteiger partial charge in [0.05, 0.1) is 26.4 Å². The SMILES string of the molecule is CCCCCCCCCCCCCCCCCCCCC(=O)OC[C@H](COP(=O)(O)OC[C@@H](O)COP(=O)(O)OC[C@@H](COC(=O)CCCCCCCCCCC)OC(=O)CCCCCCCCCCCCCCCC(C)C)OC(=O)CCCCCCCCCCCCCCCCC(C)CC. The molecule has 0 bridgehead atoms. The van der Waals surface area contributed by atoms with Crippen molar-refractivity contribution in [1.82, 2.24) is 0 Å². The standard InChI is InChI=1S/C82H160O17P2/c1-7-10-12-14-16-18-19-20-21-22-23-24-30-35-41-47-53-59-65-80(85)93-71-78(99-81(86)66-60-54-48-42-36-31-26-25-29-34-40-45-51-57-63-75(6)9-3)73-97-101(90,91)95-69-76(83)68-94-100(88,89)96-72-77(70-92-79(84)64-58-52-46-38-17-15-13-11-8-2)98-82(87)67-61-55-49-43-37-32-27-28-33-39-44-50-56-62-74(4)5/h74-78,83H,7-73H2,1-6H3,(H,88,89)(H,90,91)/t75?,76-,77+,78+/m0/s1. The van der Waals surface area contributed by atoms with Crippen molar-refractivity contribution in [2.45, 2.75) is 452 Å². The minimum absolute atomic E-state index is 0.107. The Morgan fingerprint density at radius 1 is 0.287 bits per heavy atom. The molecular weight excluding hydrogens is 1320 g/mol. The maximum atomic E-state index is 13.1. The van der Waals surface area contributed by atoms with Crippen molar-refractivity contribution in [2.75, 3.05) is 39.6 Å². The van der Waals surface area contributed by atoms with Crippen molar-refractivity contribution in [3.05, 3.63) is 0 Å². The average molecular weight is 1480 g/mol. The largest absolute Gasteiger partial charge is 0.472 e. The van der Waals surface area contributed by atoms with Crippen LogP contribution in [-0.4, -0.2) is 96.7 Å². The Balaban J connectivity index is 5.22. The lowest BCUT2D eigenvalue weighted by molar-refractivity contribution is -0.161. The van der Waals surface area contributed by atoms with Crippen LogP contribution >= 0.6 is 15.6 Å². The van der Waals surface area contributed by atoms with E-state index in [0.717, 1.165) is 102 Å². The predicted octanol–water partition coefficient (Wildman–Crippen LogP) is 24.7. The van der Waals surface area contributed by atoms with E-state index in [1.165, 1.54) is 250 Å². The lowest BCUT2D eigenvalue weighted by Crippen LogP contribution is -2.30. The molecule has 3 unspecified atom stereocenters. The van der Waals surface area contributed by atoms with Crippen molar-refractivity contribution in [3.8, 4) is 0 Å². The molecule has 0 aromatic carbocycles. The Labute approximate surface area is 619 Å². The van der Waals surface area contributed by atoms with Crippen LogP contribution in [0.2, 0.25) is 0 Å². The minimum Gasteiger partial charge on any atom is -0.462 e. The van der Waals surface area contributed by atoms with Gasteiger partial charge in [-0.3, -0.25) is 37.3 Å². The molecule has 101 heavy (non-hydrogen) atoms. The van der Waals surface area contributed by atoms with Gasteiger partial charge in [-0.25, -0.2) is 9.13 Å². The molecule has 0 fully saturated rings. The molecule has 0 aromatic heterocycles. The third-order valence-electron chi connectivity index (χ3n) is 19.6. The summed E-state index contributed by atoms with van der Waals surface area (Å²) in [6.45, 7) is 9.70. The molecule has 0 heterocycles. The van der Waals surface area contributed by atoms with E-state index >= 15 is 0 Å². The lowest BCUT2D eigenvalue weighted by atomic mass is 9.99. The summed E-state index contributed by atoms with van der Waals surface area (Å²) in [7, 11) is -9.92. The highest BCUT2D eigenvalue weighted by Crippen LogP contribution is 2.45. The van der Waals surface area contributed by atoms with E-state index < -0.39 is 97.5 Å². The van der Waals surface area contributed by atoms with Gasteiger partial charge in [0, 0.05) is 25.7 Å². The van der Waals surface area contributed by atoms with Crippen LogP contribution in [0.25, 0.3) is 0 Å². The molecule has 0 aromatic rings. The van der Waals surface area contributed by atoms with Gasteiger partial charge in [-0.1, -0.05) is 382 Å². The summed E-state index contributed by atoms with van der Waals surface area (Å²) in [5, 5.41) is 10.6. The zero-order valence-corrected chi connectivity index (χ0v) is 68.0. The third kappa shape index (κ3) is 74.7. The van der Waals surface area contributed by atoms with Crippen molar-refractivity contribution >= 4 is 39.5 Å². The zero-order chi connectivity index (χ0) is 74.2. The molecule has 0 spiro atoms. The van der Waals surface area contributed by atoms with Crippen LogP contribution < -0.4 is 0 Å². The maximum absolute atomic E-state index is 13.1. The van der Waals surface area contributed by atoms with E-state index in [0.29, 0.717) is 25.7 Å². The Bertz CT molecular complexity index is 1940. The maximum Gasteiger partial charge on any atom is 0.472 e. The van der Waals surface area contributed by atoms with Gasteiger partial charge >= 0.3 is 39.5 Å². The molecule has 6 atom stereocenters. The van der Waals surface area contributed by atoms with Gasteiger partial charge in [-0.05, 0) is 37.5 Å². The second-order valence-corrected chi connectivity index (χ2v) is 33.1. The molecule has 0 aliphatic carbocycles. The molecule has 600 valence electrons. The fourth-order valence-electron chi connectivity index (χ4n) is 12.7. The number of aliphatic hydroxyl groups excluding tert-OH is 1. The first kappa shape index (κ1) is 99.1. The highest BCUT2D eigenvalue weighted by molar-refractivity contribution is 7.47. The first-order chi connectivity index (χ1) is 48.9. The molecular formula is C82H160O17P2. The molecule has 19 heteroatoms. The zero-order valence-electron chi connectivity index (χ0n) is 66.2. The van der Waals surface area contributed by atoms with Crippen LogP contribution in [-0.2, 0) is 65.4 Å². The molecule has 0 aliphatic heterocycles. The van der Waals surface area contributed by atoms with Gasteiger partial charge in [0.1, 0.15) is 19.3 Å². The van der Waals surface area contributed by atoms with Crippen LogP contribution in [0.5, 0.6) is 0 Å². The normalized spacial score (nSPS) is 14.2. The van der Waals surface area contributed by atoms with Crippen molar-refractivity contribution < 1.29 is 80.2 Å². The van der Waals surface area contributed by atoms with E-state index in [4.69, 9.17) is 37.0 Å². The van der Waals surface area contributed by atoms with E-state index in [-0.39, 0.29) is 25.7 Å². The predicted molar refractivity (Wildman–Crippen MR) is 414 cm³/mol. The van der Waals surface area contributed by atoms with Crippen molar-refractivity contribution in [1.29, 1.82) is 0 Å². The molecule has 0 amide bonds. The first-order valence-corrected chi connectivity index (χ1v) is 45.5. The first-order valence-electron chi connectivity index (χ1n) is 42.5. The van der Waals surface area contributed by atoms with E-state index in [1.807, 2.05) is 0 Å². The monoisotopic (exact) mass is 1480 g/mol. The number of phosphoric ester groups is 2. The number of phosphoric acid groups is 2. The second-order valence-electron chi connectivity index (χ2n) is 30.2. The molecule has 0 radical (unpaired) electrons. The van der Waals surface area contributed by atoms with Gasteiger partial charge in [0.25, 0.3) is 0 Å². The van der Waals surface area contributed by atoms with E-state index in [2.05, 4.69) is 41.5 Å². The highest BCUT2D eigenvalue weighted by Gasteiger charge is 2.30. The molecule has 17 nitrogen and oxygen atoms in total. The summed E-state index contributed by atoms with van der Waals surface area (Å²) in [6.07, 6.45) is 63.7. The number of esters is 4. The molecule has 0 aliphatic rings. The number of rotatable bonds is 81. The van der Waals surface area contributed by atoms with Gasteiger partial charge in [0.15, 0.2) is 12.2 Å². The Morgan fingerprint density at radius 3 is 0.752 bits per heavy atom. The second kappa shape index (κ2) is 73.6. The fourth-order valence-corrected chi connectivity index (χ4v) is 14.3. The molecule has 0 saturated carbocycles. The van der Waals surface area contributed by atoms with Crippen LogP contribution in [0.4, 0.5) is 0 Å². The van der Waals surface area contributed by atoms with E-state index in [9.17, 15) is 43.2 Å². The van der Waals surface area contributed by atoms with E-state index in [1.54, 1.807) is 0 Å². The Kier molecular flexibility index (Phi) is 72.2. The molecule has 3 N–H and O–H groups in total. The third-order valence-corrected chi connectivity index (χ3v) is 21.5. The summed E-state index contributed by atoms with van der Waals surface area (Å²) in [4.78, 5) is 73.0. The topological polar surface area (TPSA) is 237 Å². The summed E-state index contributed by atoms with van der Waals surface area (Å²) in [5.74, 6) is -0.475. The number of hydrogen-bond acceptors (Lipinski definition) is 15. The summed E-state index contributed by atoms with van der Waals surface area (Å²) < 4.78 is 68.7. The minimum atomic E-state index is -4.96. The Hall–Kier alpha value is -1.94. The van der Waals surface area contributed by atoms with Crippen LogP contribution in [0.3, 0.4) is 0 Å². The van der Waals surface area contributed by atoms with Crippen LogP contribution in [0.1, 0.15) is 433 Å². The smallest absolute Gasteiger partial charge is 0.462 e. The lowest BCUT2D eigenvalue weighted by Gasteiger charge is -2.21. The van der Waals surface area contributed by atoms with Crippen molar-refractivity contribution in [2.24, 2.45) is 11.8 Å². The van der Waals surface area contributed by atoms with Gasteiger partial charge in [-0.15, -0.1) is 0 Å². The van der Waals surface area contributed by atoms with Gasteiger partial charge in [-0.2, -0.15) is 0 Å². The number of carbonyl (C=O) groups excluding carboxylic acids is 4. The average Bonchev–Trinajstić information content (AvgIpc) is 1.07. The fraction of sp³-hybridized carbons (Fsp3) is 0.951.